The number of hydrazine groups is 1. The lowest BCUT2D eigenvalue weighted by molar-refractivity contribution is -0.384. The lowest BCUT2D eigenvalue weighted by Crippen LogP contribution is -2.10. The van der Waals surface area contributed by atoms with Crippen molar-refractivity contribution in [3.63, 3.8) is 0 Å². The summed E-state index contributed by atoms with van der Waals surface area (Å²) in [5.41, 5.74) is 7.76. The molecular weight excluding hydrogens is 158 g/mol. The maximum atomic E-state index is 10.4. The molecule has 1 heterocycles. The van der Waals surface area contributed by atoms with E-state index in [9.17, 15) is 10.1 Å². The first-order chi connectivity index (χ1) is 5.77. The van der Waals surface area contributed by atoms with Crippen molar-refractivity contribution < 1.29 is 4.92 Å². The molecule has 0 radical (unpaired) electrons. The Kier molecular flexibility index (Phi) is 1.44. The van der Waals surface area contributed by atoms with Crippen LogP contribution < -0.4 is 10.9 Å². The van der Waals surface area contributed by atoms with Gasteiger partial charge in [-0.25, -0.2) is 5.43 Å². The van der Waals surface area contributed by atoms with Gasteiger partial charge >= 0.3 is 0 Å². The molecule has 62 valence electrons. The largest absolute Gasteiger partial charge is 0.321 e. The van der Waals surface area contributed by atoms with E-state index < -0.39 is 4.92 Å². The fourth-order valence-corrected chi connectivity index (χ4v) is 1.20. The molecule has 0 bridgehead atoms. The van der Waals surface area contributed by atoms with Crippen molar-refractivity contribution in [1.29, 1.82) is 0 Å². The maximum Gasteiger partial charge on any atom is 0.269 e. The van der Waals surface area contributed by atoms with Gasteiger partial charge in [0.15, 0.2) is 0 Å². The van der Waals surface area contributed by atoms with Gasteiger partial charge in [-0.1, -0.05) is 0 Å². The minimum Gasteiger partial charge on any atom is -0.321 e. The number of nitrogens with one attached hydrogen (secondary N) is 2. The van der Waals surface area contributed by atoms with Gasteiger partial charge in [0, 0.05) is 18.7 Å². The van der Waals surface area contributed by atoms with Crippen LogP contribution in [0.2, 0.25) is 0 Å². The highest BCUT2D eigenvalue weighted by molar-refractivity contribution is 5.57. The van der Waals surface area contributed by atoms with Crippen molar-refractivity contribution >= 4 is 11.4 Å². The third-order valence-electron chi connectivity index (χ3n) is 1.80. The number of fused-ring (bicyclic) bond motifs is 1. The van der Waals surface area contributed by atoms with Crippen LogP contribution >= 0.6 is 0 Å². The van der Waals surface area contributed by atoms with Gasteiger partial charge in [0.05, 0.1) is 10.6 Å². The first-order valence-corrected chi connectivity index (χ1v) is 3.53. The second-order valence-corrected chi connectivity index (χ2v) is 2.58. The van der Waals surface area contributed by atoms with Crippen molar-refractivity contribution in [2.24, 2.45) is 0 Å². The smallest absolute Gasteiger partial charge is 0.269 e. The van der Waals surface area contributed by atoms with E-state index in [1.807, 2.05) is 0 Å². The molecule has 0 amide bonds. The van der Waals surface area contributed by atoms with E-state index in [1.54, 1.807) is 12.1 Å². The van der Waals surface area contributed by atoms with Crippen LogP contribution in [0.1, 0.15) is 5.56 Å². The summed E-state index contributed by atoms with van der Waals surface area (Å²) >= 11 is 0. The fraction of sp³-hybridized carbons (Fsp3) is 0.143. The van der Waals surface area contributed by atoms with Crippen LogP contribution in [-0.4, -0.2) is 4.92 Å². The molecular formula is C7H7N3O2. The zero-order valence-corrected chi connectivity index (χ0v) is 6.20. The van der Waals surface area contributed by atoms with E-state index in [0.717, 1.165) is 11.3 Å². The molecule has 0 spiro atoms. The molecule has 0 unspecified atom stereocenters. The summed E-state index contributed by atoms with van der Waals surface area (Å²) in [5, 5.41) is 10.4. The molecule has 1 aromatic rings. The van der Waals surface area contributed by atoms with Crippen molar-refractivity contribution in [3.05, 3.63) is 33.9 Å². The van der Waals surface area contributed by atoms with E-state index in [1.165, 1.54) is 6.07 Å². The van der Waals surface area contributed by atoms with Gasteiger partial charge < -0.3 is 5.43 Å². The Morgan fingerprint density at radius 3 is 3.08 bits per heavy atom. The second-order valence-electron chi connectivity index (χ2n) is 2.58. The highest BCUT2D eigenvalue weighted by Gasteiger charge is 2.13. The van der Waals surface area contributed by atoms with E-state index in [0.29, 0.717) is 6.54 Å². The summed E-state index contributed by atoms with van der Waals surface area (Å²) in [5.74, 6) is 0. The molecule has 2 rings (SSSR count). The summed E-state index contributed by atoms with van der Waals surface area (Å²) in [6, 6.07) is 4.76. The fourth-order valence-electron chi connectivity index (χ4n) is 1.20. The average molecular weight is 165 g/mol. The number of hydrogen-bond acceptors (Lipinski definition) is 4. The summed E-state index contributed by atoms with van der Waals surface area (Å²) in [7, 11) is 0. The summed E-state index contributed by atoms with van der Waals surface area (Å²) < 4.78 is 0. The molecule has 0 aliphatic carbocycles. The number of anilines is 1. The van der Waals surface area contributed by atoms with Crippen LogP contribution in [0.5, 0.6) is 0 Å². The Morgan fingerprint density at radius 2 is 2.33 bits per heavy atom. The maximum absolute atomic E-state index is 10.4. The minimum absolute atomic E-state index is 0.138. The summed E-state index contributed by atoms with van der Waals surface area (Å²) in [6.07, 6.45) is 0. The molecule has 12 heavy (non-hydrogen) atoms. The van der Waals surface area contributed by atoms with Crippen LogP contribution in [0.15, 0.2) is 18.2 Å². The van der Waals surface area contributed by atoms with Crippen molar-refractivity contribution in [2.45, 2.75) is 6.54 Å². The van der Waals surface area contributed by atoms with E-state index in [4.69, 9.17) is 0 Å². The number of nitro groups is 1. The topological polar surface area (TPSA) is 67.2 Å². The van der Waals surface area contributed by atoms with Crippen LogP contribution in [0, 0.1) is 10.1 Å². The Balaban J connectivity index is 2.45. The van der Waals surface area contributed by atoms with E-state index >= 15 is 0 Å². The van der Waals surface area contributed by atoms with Gasteiger partial charge in [-0.05, 0) is 11.6 Å². The lowest BCUT2D eigenvalue weighted by atomic mass is 10.2. The highest BCUT2D eigenvalue weighted by Crippen LogP contribution is 2.24. The molecule has 5 heteroatoms. The molecule has 0 aromatic heterocycles. The Bertz CT molecular complexity index is 337. The molecule has 0 saturated heterocycles. The molecule has 2 N–H and O–H groups in total. The Morgan fingerprint density at radius 1 is 1.50 bits per heavy atom. The Labute approximate surface area is 68.5 Å². The summed E-state index contributed by atoms with van der Waals surface area (Å²) in [6.45, 7) is 0.636. The normalized spacial score (nSPS) is 13.7. The molecule has 5 nitrogen and oxygen atoms in total. The molecule has 0 atom stereocenters. The van der Waals surface area contributed by atoms with Crippen LogP contribution in [0.4, 0.5) is 11.4 Å². The predicted octanol–water partition coefficient (Wildman–Crippen LogP) is 1.02. The third-order valence-corrected chi connectivity index (χ3v) is 1.80. The molecule has 1 aliphatic rings. The number of benzene rings is 1. The quantitative estimate of drug-likeness (QED) is 0.481. The molecule has 1 aliphatic heterocycles. The van der Waals surface area contributed by atoms with E-state index in [-0.39, 0.29) is 5.69 Å². The monoisotopic (exact) mass is 165 g/mol. The number of nitrogens with zero attached hydrogens (tertiary/aromatic N) is 1. The minimum atomic E-state index is -0.390. The Hall–Kier alpha value is -1.62. The number of nitro benzene ring substituents is 1. The highest BCUT2D eigenvalue weighted by atomic mass is 16.6. The van der Waals surface area contributed by atoms with Gasteiger partial charge in [-0.2, -0.15) is 0 Å². The van der Waals surface area contributed by atoms with Gasteiger partial charge in [-0.3, -0.25) is 10.1 Å². The first-order valence-electron chi connectivity index (χ1n) is 3.53. The third kappa shape index (κ3) is 0.998. The molecule has 0 saturated carbocycles. The zero-order valence-electron chi connectivity index (χ0n) is 6.20. The van der Waals surface area contributed by atoms with Gasteiger partial charge in [0.1, 0.15) is 0 Å². The average Bonchev–Trinajstić information content (AvgIpc) is 2.49. The van der Waals surface area contributed by atoms with Gasteiger partial charge in [0.2, 0.25) is 0 Å². The van der Waals surface area contributed by atoms with Gasteiger partial charge in [0.25, 0.3) is 5.69 Å². The zero-order chi connectivity index (χ0) is 8.55. The molecule has 0 fully saturated rings. The van der Waals surface area contributed by atoms with Crippen molar-refractivity contribution in [3.8, 4) is 0 Å². The predicted molar refractivity (Wildman–Crippen MR) is 43.6 cm³/mol. The number of rotatable bonds is 1. The molecule has 1 aromatic carbocycles. The van der Waals surface area contributed by atoms with Crippen molar-refractivity contribution in [2.75, 3.05) is 5.43 Å². The van der Waals surface area contributed by atoms with Crippen LogP contribution in [0.25, 0.3) is 0 Å². The second kappa shape index (κ2) is 2.46. The van der Waals surface area contributed by atoms with E-state index in [2.05, 4.69) is 10.9 Å². The van der Waals surface area contributed by atoms with Gasteiger partial charge in [-0.15, -0.1) is 0 Å². The summed E-state index contributed by atoms with van der Waals surface area (Å²) in [4.78, 5) is 9.98. The lowest BCUT2D eigenvalue weighted by Gasteiger charge is -1.96. The first kappa shape index (κ1) is 7.05. The standard InChI is InChI=1S/C7H7N3O2/c11-10(12)6-1-2-7-5(3-6)4-8-9-7/h1-3,8-9H,4H2. The van der Waals surface area contributed by atoms with Crippen molar-refractivity contribution in [1.82, 2.24) is 5.43 Å². The number of hydrogen-bond donors (Lipinski definition) is 2. The van der Waals surface area contributed by atoms with Crippen LogP contribution in [0.3, 0.4) is 0 Å². The SMILES string of the molecule is O=[N+]([O-])c1ccc2c(c1)CNN2. The number of non-ortho nitro benzene ring substituents is 1. The van der Waals surface area contributed by atoms with Crippen LogP contribution in [-0.2, 0) is 6.54 Å².